The zero-order valence-electron chi connectivity index (χ0n) is 9.89. The fourth-order valence-corrected chi connectivity index (χ4v) is 2.02. The lowest BCUT2D eigenvalue weighted by Gasteiger charge is -2.18. The first kappa shape index (κ1) is 11.0. The number of rotatable bonds is 3. The SMILES string of the molecule is O=c1[nH]ccn1CCc1ccc2c(c1)OCCO2. The Kier molecular flexibility index (Phi) is 2.80. The predicted octanol–water partition coefficient (Wildman–Crippen LogP) is 1.19. The molecule has 0 fully saturated rings. The molecule has 2 heterocycles. The van der Waals surface area contributed by atoms with Crippen LogP contribution >= 0.6 is 0 Å². The Morgan fingerprint density at radius 3 is 2.83 bits per heavy atom. The highest BCUT2D eigenvalue weighted by atomic mass is 16.6. The maximum absolute atomic E-state index is 11.3. The van der Waals surface area contributed by atoms with Crippen LogP contribution in [0, 0.1) is 0 Å². The van der Waals surface area contributed by atoms with E-state index in [0.29, 0.717) is 19.8 Å². The molecule has 1 aliphatic rings. The number of aromatic amines is 1. The third-order valence-electron chi connectivity index (χ3n) is 2.97. The molecule has 0 saturated carbocycles. The van der Waals surface area contributed by atoms with E-state index < -0.39 is 0 Å². The van der Waals surface area contributed by atoms with E-state index in [1.807, 2.05) is 18.2 Å². The maximum atomic E-state index is 11.3. The molecule has 5 heteroatoms. The largest absolute Gasteiger partial charge is 0.486 e. The van der Waals surface area contributed by atoms with Gasteiger partial charge >= 0.3 is 5.69 Å². The van der Waals surface area contributed by atoms with Crippen LogP contribution in [-0.4, -0.2) is 22.8 Å². The Morgan fingerprint density at radius 1 is 1.22 bits per heavy atom. The molecule has 0 unspecified atom stereocenters. The van der Waals surface area contributed by atoms with Gasteiger partial charge in [-0.2, -0.15) is 0 Å². The first-order valence-corrected chi connectivity index (χ1v) is 5.95. The van der Waals surface area contributed by atoms with E-state index >= 15 is 0 Å². The highest BCUT2D eigenvalue weighted by molar-refractivity contribution is 5.43. The minimum Gasteiger partial charge on any atom is -0.486 e. The molecule has 94 valence electrons. The van der Waals surface area contributed by atoms with Gasteiger partial charge in [-0.3, -0.25) is 4.57 Å². The quantitative estimate of drug-likeness (QED) is 0.885. The van der Waals surface area contributed by atoms with Gasteiger partial charge in [0.1, 0.15) is 13.2 Å². The van der Waals surface area contributed by atoms with E-state index in [0.717, 1.165) is 23.5 Å². The first-order chi connectivity index (χ1) is 8.83. The Morgan fingerprint density at radius 2 is 2.06 bits per heavy atom. The Bertz CT molecular complexity index is 600. The summed E-state index contributed by atoms with van der Waals surface area (Å²) in [4.78, 5) is 14.0. The lowest BCUT2D eigenvalue weighted by atomic mass is 10.1. The number of ether oxygens (including phenoxy) is 2. The van der Waals surface area contributed by atoms with Gasteiger partial charge in [0.05, 0.1) is 0 Å². The highest BCUT2D eigenvalue weighted by Gasteiger charge is 2.11. The fraction of sp³-hybridized carbons (Fsp3) is 0.308. The molecule has 3 rings (SSSR count). The van der Waals surface area contributed by atoms with Crippen LogP contribution in [0.4, 0.5) is 0 Å². The number of hydrogen-bond acceptors (Lipinski definition) is 3. The average molecular weight is 246 g/mol. The minimum atomic E-state index is -0.0763. The summed E-state index contributed by atoms with van der Waals surface area (Å²) in [6.45, 7) is 1.85. The van der Waals surface area contributed by atoms with Gasteiger partial charge in [0.2, 0.25) is 0 Å². The van der Waals surface area contributed by atoms with E-state index in [1.54, 1.807) is 17.0 Å². The lowest BCUT2D eigenvalue weighted by Crippen LogP contribution is -2.18. The Labute approximate surface area is 104 Å². The molecule has 5 nitrogen and oxygen atoms in total. The number of imidazole rings is 1. The highest BCUT2D eigenvalue weighted by Crippen LogP contribution is 2.30. The van der Waals surface area contributed by atoms with E-state index in [4.69, 9.17) is 9.47 Å². The second-order valence-corrected chi connectivity index (χ2v) is 4.19. The van der Waals surface area contributed by atoms with Gasteiger partial charge in [0, 0.05) is 18.9 Å². The molecule has 1 aromatic heterocycles. The van der Waals surface area contributed by atoms with Crippen molar-refractivity contribution in [2.24, 2.45) is 0 Å². The molecule has 0 spiro atoms. The van der Waals surface area contributed by atoms with Crippen LogP contribution in [-0.2, 0) is 13.0 Å². The summed E-state index contributed by atoms with van der Waals surface area (Å²) in [5.74, 6) is 1.59. The third-order valence-corrected chi connectivity index (χ3v) is 2.97. The van der Waals surface area contributed by atoms with Crippen LogP contribution in [0.15, 0.2) is 35.4 Å². The number of nitrogens with one attached hydrogen (secondary N) is 1. The second kappa shape index (κ2) is 4.60. The summed E-state index contributed by atoms with van der Waals surface area (Å²) < 4.78 is 12.6. The molecule has 0 amide bonds. The number of fused-ring (bicyclic) bond motifs is 1. The Balaban J connectivity index is 1.73. The summed E-state index contributed by atoms with van der Waals surface area (Å²) >= 11 is 0. The molecule has 0 aliphatic carbocycles. The zero-order chi connectivity index (χ0) is 12.4. The summed E-state index contributed by atoms with van der Waals surface area (Å²) in [7, 11) is 0. The van der Waals surface area contributed by atoms with Gasteiger partial charge in [-0.25, -0.2) is 4.79 Å². The standard InChI is InChI=1S/C13H14N2O3/c16-13-14-4-6-15(13)5-3-10-1-2-11-12(9-10)18-8-7-17-11/h1-2,4,6,9H,3,5,7-8H2,(H,14,16). The molecule has 0 atom stereocenters. The average Bonchev–Trinajstić information content (AvgIpc) is 2.82. The van der Waals surface area contributed by atoms with Gasteiger partial charge < -0.3 is 14.5 Å². The van der Waals surface area contributed by atoms with Crippen molar-refractivity contribution in [1.82, 2.24) is 9.55 Å². The van der Waals surface area contributed by atoms with Crippen molar-refractivity contribution < 1.29 is 9.47 Å². The van der Waals surface area contributed by atoms with Crippen LogP contribution < -0.4 is 15.2 Å². The van der Waals surface area contributed by atoms with Crippen molar-refractivity contribution in [1.29, 1.82) is 0 Å². The molecule has 0 saturated heterocycles. The van der Waals surface area contributed by atoms with Gasteiger partial charge in [-0.05, 0) is 24.1 Å². The molecule has 2 aromatic rings. The first-order valence-electron chi connectivity index (χ1n) is 5.95. The van der Waals surface area contributed by atoms with Crippen molar-refractivity contribution in [3.8, 4) is 11.5 Å². The molecular weight excluding hydrogens is 232 g/mol. The van der Waals surface area contributed by atoms with Crippen LogP contribution in [0.1, 0.15) is 5.56 Å². The molecule has 1 aliphatic heterocycles. The number of nitrogens with zero attached hydrogens (tertiary/aromatic N) is 1. The van der Waals surface area contributed by atoms with Crippen LogP contribution in [0.5, 0.6) is 11.5 Å². The van der Waals surface area contributed by atoms with E-state index in [9.17, 15) is 4.79 Å². The number of benzene rings is 1. The van der Waals surface area contributed by atoms with Crippen molar-refractivity contribution in [3.05, 3.63) is 46.6 Å². The lowest BCUT2D eigenvalue weighted by molar-refractivity contribution is 0.171. The fourth-order valence-electron chi connectivity index (χ4n) is 2.02. The van der Waals surface area contributed by atoms with Crippen molar-refractivity contribution in [2.45, 2.75) is 13.0 Å². The molecule has 0 bridgehead atoms. The van der Waals surface area contributed by atoms with Crippen LogP contribution in [0.3, 0.4) is 0 Å². The summed E-state index contributed by atoms with van der Waals surface area (Å²) in [6.07, 6.45) is 4.18. The smallest absolute Gasteiger partial charge is 0.325 e. The summed E-state index contributed by atoms with van der Waals surface area (Å²) in [5, 5.41) is 0. The second-order valence-electron chi connectivity index (χ2n) is 4.19. The monoisotopic (exact) mass is 246 g/mol. The van der Waals surface area contributed by atoms with Crippen molar-refractivity contribution >= 4 is 0 Å². The number of H-pyrrole nitrogens is 1. The summed E-state index contributed by atoms with van der Waals surface area (Å²) in [6, 6.07) is 5.90. The molecule has 1 aromatic carbocycles. The molecule has 0 radical (unpaired) electrons. The summed E-state index contributed by atoms with van der Waals surface area (Å²) in [5.41, 5.74) is 1.06. The predicted molar refractivity (Wildman–Crippen MR) is 66.2 cm³/mol. The molecule has 18 heavy (non-hydrogen) atoms. The number of aromatic nitrogens is 2. The van der Waals surface area contributed by atoms with Gasteiger partial charge in [-0.1, -0.05) is 6.07 Å². The van der Waals surface area contributed by atoms with Gasteiger partial charge in [0.25, 0.3) is 0 Å². The van der Waals surface area contributed by atoms with E-state index in [1.165, 1.54) is 0 Å². The van der Waals surface area contributed by atoms with Crippen LogP contribution in [0.25, 0.3) is 0 Å². The number of hydrogen-bond donors (Lipinski definition) is 1. The van der Waals surface area contributed by atoms with E-state index in [2.05, 4.69) is 4.98 Å². The van der Waals surface area contributed by atoms with E-state index in [-0.39, 0.29) is 5.69 Å². The maximum Gasteiger partial charge on any atom is 0.325 e. The Hall–Kier alpha value is -2.17. The van der Waals surface area contributed by atoms with Crippen molar-refractivity contribution in [3.63, 3.8) is 0 Å². The number of aryl methyl sites for hydroxylation is 2. The van der Waals surface area contributed by atoms with Crippen molar-refractivity contribution in [2.75, 3.05) is 13.2 Å². The topological polar surface area (TPSA) is 56.2 Å². The van der Waals surface area contributed by atoms with Crippen LogP contribution in [0.2, 0.25) is 0 Å². The normalized spacial score (nSPS) is 13.6. The zero-order valence-corrected chi connectivity index (χ0v) is 9.89. The van der Waals surface area contributed by atoms with Gasteiger partial charge in [-0.15, -0.1) is 0 Å². The third kappa shape index (κ3) is 2.11. The minimum absolute atomic E-state index is 0.0763. The molecular formula is C13H14N2O3. The molecule has 1 N–H and O–H groups in total. The van der Waals surface area contributed by atoms with Gasteiger partial charge in [0.15, 0.2) is 11.5 Å².